The van der Waals surface area contributed by atoms with Gasteiger partial charge in [0.05, 0.1) is 59.3 Å². The number of amides is 5. The SMILES string of the molecule is COC(=O)c1cn2c(c(OC)c1=O)C(=O)N1CCCOCC2C1.COc1c2n(cc(C(=O)NCc3c(F)cc(F)cc3F)c1=O)C1COCCCN(C1)C2=O.NCc1c(F)cc(F)cc1F.O=C(NCc1c(F)cc(F)cc1F)c1cn2c(c(O)c1=O)C(=O)N1CCCOCC2C1.[Br-].[Br-].[Mg+2]. The van der Waals surface area contributed by atoms with Crippen molar-refractivity contribution in [1.82, 2.24) is 39.0 Å². The second kappa shape index (κ2) is 35.3. The number of nitrogens with zero attached hydrogens (tertiary/aromatic N) is 6. The summed E-state index contributed by atoms with van der Waals surface area (Å²) in [4.78, 5) is 118. The summed E-state index contributed by atoms with van der Waals surface area (Å²) in [5, 5.41) is 14.9. The van der Waals surface area contributed by atoms with Crippen LogP contribution in [-0.2, 0) is 38.6 Å². The number of aromatic nitrogens is 3. The predicted molar refractivity (Wildman–Crippen MR) is 324 cm³/mol. The summed E-state index contributed by atoms with van der Waals surface area (Å²) >= 11 is 0. The summed E-state index contributed by atoms with van der Waals surface area (Å²) in [5.74, 6) is -14.9. The number of pyridine rings is 3. The van der Waals surface area contributed by atoms with E-state index >= 15 is 0 Å². The van der Waals surface area contributed by atoms with Gasteiger partial charge in [0, 0.05) is 150 Å². The fraction of sp³-hybridized carbons (Fsp3) is 0.381. The molecule has 3 saturated heterocycles. The van der Waals surface area contributed by atoms with Gasteiger partial charge in [0.1, 0.15) is 69.0 Å². The van der Waals surface area contributed by atoms with Crippen molar-refractivity contribution in [2.45, 2.75) is 57.0 Å². The Labute approximate surface area is 598 Å². The average molecular weight is 1560 g/mol. The van der Waals surface area contributed by atoms with Crippen LogP contribution in [0.1, 0.15) is 117 Å². The molecular formula is C63H62Br2F9MgN9O16. The molecule has 3 unspecified atom stereocenters. The number of carbonyl (C=O) groups excluding carboxylic acids is 6. The fourth-order valence-corrected chi connectivity index (χ4v) is 11.5. The van der Waals surface area contributed by atoms with Crippen molar-refractivity contribution in [3.05, 3.63) is 188 Å². The first-order valence-corrected chi connectivity index (χ1v) is 29.8. The van der Waals surface area contributed by atoms with E-state index in [0.29, 0.717) is 108 Å². The van der Waals surface area contributed by atoms with Crippen LogP contribution in [0.5, 0.6) is 17.2 Å². The van der Waals surface area contributed by atoms with E-state index in [0.717, 1.165) is 12.6 Å². The first-order valence-electron chi connectivity index (χ1n) is 29.8. The van der Waals surface area contributed by atoms with Gasteiger partial charge in [-0.3, -0.25) is 38.4 Å². The van der Waals surface area contributed by atoms with E-state index < -0.39 is 134 Å². The molecule has 25 nitrogen and oxygen atoms in total. The van der Waals surface area contributed by atoms with E-state index in [-0.39, 0.29) is 152 Å². The van der Waals surface area contributed by atoms with Crippen LogP contribution in [0.25, 0.3) is 0 Å². The van der Waals surface area contributed by atoms with Gasteiger partial charge in [0.15, 0.2) is 34.3 Å². The molecule has 9 heterocycles. The van der Waals surface area contributed by atoms with Gasteiger partial charge in [-0.1, -0.05) is 0 Å². The number of aromatic hydroxyl groups is 1. The maximum atomic E-state index is 13.9. The molecule has 100 heavy (non-hydrogen) atoms. The Kier molecular flexibility index (Phi) is 28.5. The first-order chi connectivity index (χ1) is 46.3. The minimum atomic E-state index is -1.19. The summed E-state index contributed by atoms with van der Waals surface area (Å²) in [6.45, 7) is 3.30. The van der Waals surface area contributed by atoms with E-state index in [1.54, 1.807) is 14.4 Å². The van der Waals surface area contributed by atoms with Gasteiger partial charge in [-0.2, -0.15) is 0 Å². The Morgan fingerprint density at radius 2 is 0.810 bits per heavy atom. The minimum Gasteiger partial charge on any atom is -1.00 e. The van der Waals surface area contributed by atoms with Crippen molar-refractivity contribution >= 4 is 58.6 Å². The monoisotopic (exact) mass is 1550 g/mol. The fourth-order valence-electron chi connectivity index (χ4n) is 11.5. The molecule has 0 radical (unpaired) electrons. The zero-order valence-corrected chi connectivity index (χ0v) is 57.9. The number of nitrogens with one attached hydrogen (secondary N) is 2. The molecule has 3 atom stereocenters. The van der Waals surface area contributed by atoms with Crippen molar-refractivity contribution in [3.63, 3.8) is 0 Å². The third-order valence-electron chi connectivity index (χ3n) is 16.3. The van der Waals surface area contributed by atoms with Gasteiger partial charge in [-0.05, 0) is 19.3 Å². The zero-order valence-electron chi connectivity index (χ0n) is 53.4. The molecular weight excluding hydrogens is 1490 g/mol. The van der Waals surface area contributed by atoms with Crippen molar-refractivity contribution in [2.24, 2.45) is 5.73 Å². The number of rotatable bonds is 10. The van der Waals surface area contributed by atoms with Crippen LogP contribution >= 0.6 is 0 Å². The number of benzene rings is 3. The number of ether oxygens (including phenoxy) is 6. The molecule has 0 aliphatic carbocycles. The molecule has 5 N–H and O–H groups in total. The molecule has 3 aromatic carbocycles. The molecule has 0 saturated carbocycles. The molecule has 12 rings (SSSR count). The number of nitrogens with two attached hydrogens (primary N) is 1. The van der Waals surface area contributed by atoms with E-state index in [2.05, 4.69) is 15.4 Å². The zero-order chi connectivity index (χ0) is 70.3. The third kappa shape index (κ3) is 17.3. The Balaban J connectivity index is 0.000000218. The Hall–Kier alpha value is -8.33. The van der Waals surface area contributed by atoms with E-state index in [1.165, 1.54) is 47.8 Å². The van der Waals surface area contributed by atoms with Gasteiger partial charge in [0.2, 0.25) is 16.3 Å². The average Bonchev–Trinajstić information content (AvgIpc) is 0.764. The molecule has 534 valence electrons. The predicted octanol–water partition coefficient (Wildman–Crippen LogP) is -1.81. The summed E-state index contributed by atoms with van der Waals surface area (Å²) < 4.78 is 155. The van der Waals surface area contributed by atoms with Crippen molar-refractivity contribution < 1.29 is 136 Å². The number of methoxy groups -OCH3 is 3. The van der Waals surface area contributed by atoms with Crippen LogP contribution in [0.2, 0.25) is 0 Å². The maximum absolute atomic E-state index is 13.9. The van der Waals surface area contributed by atoms with Gasteiger partial charge >= 0.3 is 29.0 Å². The first kappa shape index (κ1) is 80.6. The number of hydrogen-bond acceptors (Lipinski definition) is 17. The van der Waals surface area contributed by atoms with Crippen LogP contribution in [0.4, 0.5) is 39.5 Å². The molecule has 6 aliphatic heterocycles. The molecule has 5 amide bonds. The van der Waals surface area contributed by atoms with Gasteiger partial charge in [-0.25, -0.2) is 44.3 Å². The van der Waals surface area contributed by atoms with Crippen molar-refractivity contribution in [3.8, 4) is 17.2 Å². The van der Waals surface area contributed by atoms with Crippen LogP contribution in [0, 0.1) is 52.4 Å². The van der Waals surface area contributed by atoms with Crippen LogP contribution < -0.4 is 76.1 Å². The summed E-state index contributed by atoms with van der Waals surface area (Å²) in [7, 11) is 3.72. The van der Waals surface area contributed by atoms with Crippen LogP contribution in [0.15, 0.2) is 69.4 Å². The normalized spacial score (nSPS) is 17.2. The second-order valence-electron chi connectivity index (χ2n) is 22.4. The molecule has 3 aromatic heterocycles. The Bertz CT molecular complexity index is 4240. The molecule has 0 spiro atoms. The molecule has 6 aromatic rings. The smallest absolute Gasteiger partial charge is 1.00 e. The number of hydrogen-bond donors (Lipinski definition) is 4. The Morgan fingerprint density at radius 1 is 0.500 bits per heavy atom. The van der Waals surface area contributed by atoms with Crippen LogP contribution in [-0.4, -0.2) is 192 Å². The quantitative estimate of drug-likeness (QED) is 0.0668. The number of fused-ring (bicyclic) bond motifs is 12. The minimum absolute atomic E-state index is 0. The van der Waals surface area contributed by atoms with Gasteiger partial charge < -0.3 is 112 Å². The number of carbonyl (C=O) groups is 6. The van der Waals surface area contributed by atoms with E-state index in [4.69, 9.17) is 29.4 Å². The van der Waals surface area contributed by atoms with E-state index in [9.17, 15) is 87.8 Å². The largest absolute Gasteiger partial charge is 2.00 e. The molecule has 6 bridgehead atoms. The topological polar surface area (TPSA) is 304 Å². The van der Waals surface area contributed by atoms with Crippen molar-refractivity contribution in [2.75, 3.05) is 100 Å². The summed E-state index contributed by atoms with van der Waals surface area (Å²) in [6.07, 6.45) is 5.75. The second-order valence-corrected chi connectivity index (χ2v) is 22.4. The summed E-state index contributed by atoms with van der Waals surface area (Å²) in [6, 6.07) is 2.17. The number of esters is 1. The van der Waals surface area contributed by atoms with E-state index in [1.807, 2.05) is 0 Å². The van der Waals surface area contributed by atoms with Crippen LogP contribution in [0.3, 0.4) is 0 Å². The standard InChI is InChI=1S/C21H20F3N3O5.C20H18F3N3O5.C15H18N2O6.C7H6F3N.2BrH.Mg/c1-31-19-17-21(30)26-3-2-4-32-10-12(8-26)27(17)9-14(18(19)28)20(29)25-7-13-15(23)5-11(22)6-16(13)24;21-10-4-14(22)12(15(23)5-10)6-24-19(29)13-8-26-11-7-25(2-1-3-31-9-11)20(30)16(26)18(28)17(13)27;1-21-13-11-14(19)16-4-3-5-23-8-9(6-16)17(11)7-10(12(13)18)15(20)22-2;8-4-1-6(9)5(3-11)7(10)2-4;;;/h5-6,9,12H,2-4,7-8,10H2,1H3,(H,25,29);4-5,8,11,28H,1-3,6-7,9H2,(H,24,29);7,9H,3-6,8H2,1-2H3;1-2H,3,11H2;2*1H;/q;;;;;;+2/p-2. The molecule has 6 aliphatic rings. The van der Waals surface area contributed by atoms with Gasteiger partial charge in [-0.15, -0.1) is 0 Å². The van der Waals surface area contributed by atoms with Crippen molar-refractivity contribution in [1.29, 1.82) is 0 Å². The Morgan fingerprint density at radius 3 is 1.15 bits per heavy atom. The molecule has 37 heteroatoms. The number of halogens is 11. The molecule has 3 fully saturated rings. The van der Waals surface area contributed by atoms with Gasteiger partial charge in [0.25, 0.3) is 29.5 Å². The maximum Gasteiger partial charge on any atom is 2.00 e. The third-order valence-corrected chi connectivity index (χ3v) is 16.3. The summed E-state index contributed by atoms with van der Waals surface area (Å²) in [5.41, 5.74) is -0.0693.